The first-order valence-corrected chi connectivity index (χ1v) is 11.1. The van der Waals surface area contributed by atoms with E-state index in [0.29, 0.717) is 30.0 Å². The van der Waals surface area contributed by atoms with Crippen LogP contribution in [0.15, 0.2) is 53.1 Å². The molecule has 0 saturated heterocycles. The van der Waals surface area contributed by atoms with Crippen molar-refractivity contribution >= 4 is 11.6 Å². The molecule has 0 aromatic heterocycles. The van der Waals surface area contributed by atoms with E-state index in [4.69, 9.17) is 0 Å². The summed E-state index contributed by atoms with van der Waals surface area (Å²) in [5.41, 5.74) is 5.52. The lowest BCUT2D eigenvalue weighted by Gasteiger charge is -2.50. The van der Waals surface area contributed by atoms with Crippen LogP contribution >= 0.6 is 0 Å². The molecule has 28 heavy (non-hydrogen) atoms. The smallest absolute Gasteiger partial charge is 0.156 e. The number of Topliss-reactive ketones (excluding diaryl/α,β-unsaturated/α-hetero) is 1. The molecule has 1 aromatic carbocycles. The molecule has 2 nitrogen and oxygen atoms in total. The van der Waals surface area contributed by atoms with Gasteiger partial charge in [0.1, 0.15) is 5.78 Å². The Hall–Kier alpha value is -1.96. The van der Waals surface area contributed by atoms with Crippen molar-refractivity contribution in [3.63, 3.8) is 0 Å². The molecule has 4 aliphatic carbocycles. The van der Waals surface area contributed by atoms with Crippen molar-refractivity contribution in [3.05, 3.63) is 58.7 Å². The Morgan fingerprint density at radius 3 is 2.43 bits per heavy atom. The van der Waals surface area contributed by atoms with Crippen molar-refractivity contribution < 1.29 is 9.59 Å². The fraction of sp³-hybridized carbons (Fsp3) is 0.538. The molecule has 0 amide bonds. The number of carbonyl (C=O) groups is 2. The van der Waals surface area contributed by atoms with Gasteiger partial charge in [-0.1, -0.05) is 56.7 Å². The van der Waals surface area contributed by atoms with Crippen LogP contribution in [0.5, 0.6) is 0 Å². The normalized spacial score (nSPS) is 34.0. The first-order valence-electron chi connectivity index (χ1n) is 11.1. The monoisotopic (exact) mass is 376 g/mol. The van der Waals surface area contributed by atoms with Gasteiger partial charge in [0.15, 0.2) is 5.78 Å². The summed E-state index contributed by atoms with van der Waals surface area (Å²) in [5, 5.41) is 0. The predicted octanol–water partition coefficient (Wildman–Crippen LogP) is 6.18. The molecule has 0 heterocycles. The highest BCUT2D eigenvalue weighted by molar-refractivity contribution is 5.93. The maximum Gasteiger partial charge on any atom is 0.156 e. The van der Waals surface area contributed by atoms with Gasteiger partial charge in [-0.25, -0.2) is 0 Å². The van der Waals surface area contributed by atoms with Crippen LogP contribution in [0.4, 0.5) is 0 Å². The van der Waals surface area contributed by atoms with Crippen molar-refractivity contribution in [3.8, 4) is 0 Å². The van der Waals surface area contributed by atoms with E-state index >= 15 is 0 Å². The molecule has 2 heteroatoms. The first kappa shape index (κ1) is 19.4. The highest BCUT2D eigenvalue weighted by Gasteiger charge is 2.56. The number of hydrogen-bond acceptors (Lipinski definition) is 2. The van der Waals surface area contributed by atoms with E-state index in [1.165, 1.54) is 16.7 Å². The Balaban J connectivity index is 0.000000932. The van der Waals surface area contributed by atoms with Crippen molar-refractivity contribution in [1.29, 1.82) is 0 Å². The minimum Gasteiger partial charge on any atom is -0.299 e. The molecule has 0 aliphatic heterocycles. The molecular weight excluding hydrogens is 344 g/mol. The fourth-order valence-corrected chi connectivity index (χ4v) is 6.42. The van der Waals surface area contributed by atoms with E-state index in [-0.39, 0.29) is 11.2 Å². The van der Waals surface area contributed by atoms with Gasteiger partial charge in [0.2, 0.25) is 0 Å². The zero-order chi connectivity index (χ0) is 19.9. The predicted molar refractivity (Wildman–Crippen MR) is 113 cm³/mol. The Bertz CT molecular complexity index is 844. The van der Waals surface area contributed by atoms with Crippen molar-refractivity contribution in [2.24, 2.45) is 17.3 Å². The number of ketones is 2. The van der Waals surface area contributed by atoms with E-state index in [1.807, 2.05) is 19.9 Å². The van der Waals surface area contributed by atoms with E-state index in [9.17, 15) is 9.59 Å². The number of rotatable bonds is 1. The van der Waals surface area contributed by atoms with Crippen LogP contribution in [-0.2, 0) is 9.59 Å². The molecule has 0 radical (unpaired) electrons. The molecule has 4 atom stereocenters. The van der Waals surface area contributed by atoms with Gasteiger partial charge in [0.25, 0.3) is 0 Å². The van der Waals surface area contributed by atoms with Gasteiger partial charge in [0, 0.05) is 24.2 Å². The number of carbonyl (C=O) groups excluding carboxylic acids is 2. The first-order chi connectivity index (χ1) is 13.6. The number of fused-ring (bicyclic) bond motifs is 4. The Morgan fingerprint density at radius 2 is 1.68 bits per heavy atom. The summed E-state index contributed by atoms with van der Waals surface area (Å²) in [6, 6.07) is 10.8. The topological polar surface area (TPSA) is 34.1 Å². The molecule has 2 unspecified atom stereocenters. The zero-order valence-corrected chi connectivity index (χ0v) is 17.5. The standard InChI is InChI=1S/C24H26O2.C2H6/c1-24-14-20(15-5-3-2-4-6-15)23-18-10-8-17(25)13-16(18)7-9-19(23)21(24)11-12-22(24)26;1-2/h2-6,13,19-21H,7-12,14H2,1H3;1-2H3/t19?,20-,21?,24+;/m1./s1. The average Bonchev–Trinajstić information content (AvgIpc) is 3.03. The van der Waals surface area contributed by atoms with Crippen LogP contribution in [0.1, 0.15) is 77.2 Å². The summed E-state index contributed by atoms with van der Waals surface area (Å²) in [6.07, 6.45) is 8.33. The second-order valence-electron chi connectivity index (χ2n) is 8.87. The molecule has 2 fully saturated rings. The van der Waals surface area contributed by atoms with E-state index in [0.717, 1.165) is 38.5 Å². The summed E-state index contributed by atoms with van der Waals surface area (Å²) in [4.78, 5) is 24.8. The molecule has 1 aromatic rings. The van der Waals surface area contributed by atoms with Crippen molar-refractivity contribution in [2.45, 2.75) is 71.6 Å². The van der Waals surface area contributed by atoms with Gasteiger partial charge in [-0.2, -0.15) is 0 Å². The van der Waals surface area contributed by atoms with Crippen LogP contribution in [0.25, 0.3) is 0 Å². The van der Waals surface area contributed by atoms with Gasteiger partial charge < -0.3 is 0 Å². The van der Waals surface area contributed by atoms with Crippen LogP contribution in [-0.4, -0.2) is 11.6 Å². The molecule has 0 spiro atoms. The molecular formula is C26H32O2. The minimum absolute atomic E-state index is 0.166. The molecule has 5 rings (SSSR count). The maximum absolute atomic E-state index is 12.8. The summed E-state index contributed by atoms with van der Waals surface area (Å²) >= 11 is 0. The van der Waals surface area contributed by atoms with Crippen molar-refractivity contribution in [1.82, 2.24) is 0 Å². The number of allylic oxidation sites excluding steroid dienone is 4. The largest absolute Gasteiger partial charge is 0.299 e. The van der Waals surface area contributed by atoms with Crippen molar-refractivity contribution in [2.75, 3.05) is 0 Å². The zero-order valence-electron chi connectivity index (χ0n) is 17.5. The van der Waals surface area contributed by atoms with E-state index in [2.05, 4.69) is 37.3 Å². The lowest BCUT2D eigenvalue weighted by atomic mass is 9.53. The summed E-state index contributed by atoms with van der Waals surface area (Å²) in [7, 11) is 0. The molecule has 2 saturated carbocycles. The molecule has 148 valence electrons. The third-order valence-corrected chi connectivity index (χ3v) is 7.65. The van der Waals surface area contributed by atoms with Crippen LogP contribution < -0.4 is 0 Å². The molecule has 4 aliphatic rings. The van der Waals surface area contributed by atoms with E-state index in [1.54, 1.807) is 5.57 Å². The van der Waals surface area contributed by atoms with Gasteiger partial charge in [-0.3, -0.25) is 9.59 Å². The quantitative estimate of drug-likeness (QED) is 0.586. The van der Waals surface area contributed by atoms with Crippen LogP contribution in [0.3, 0.4) is 0 Å². The third kappa shape index (κ3) is 2.93. The maximum atomic E-state index is 12.8. The highest BCUT2D eigenvalue weighted by atomic mass is 16.1. The minimum atomic E-state index is -0.166. The SMILES string of the molecule is CC.C[C@]12C[C@H](c3ccccc3)C3=C4CCC(=O)C=C4CCC3C1CCC2=O. The lowest BCUT2D eigenvalue weighted by molar-refractivity contribution is -0.128. The summed E-state index contributed by atoms with van der Waals surface area (Å²) < 4.78 is 0. The summed E-state index contributed by atoms with van der Waals surface area (Å²) in [6.45, 7) is 6.24. The Morgan fingerprint density at radius 1 is 0.929 bits per heavy atom. The van der Waals surface area contributed by atoms with Gasteiger partial charge in [-0.15, -0.1) is 0 Å². The number of benzene rings is 1. The van der Waals surface area contributed by atoms with E-state index < -0.39 is 0 Å². The van der Waals surface area contributed by atoms with Crippen LogP contribution in [0.2, 0.25) is 0 Å². The molecule has 0 N–H and O–H groups in total. The number of hydrogen-bond donors (Lipinski definition) is 0. The molecule has 0 bridgehead atoms. The van der Waals surface area contributed by atoms with Gasteiger partial charge in [0.05, 0.1) is 0 Å². The second kappa shape index (κ2) is 7.46. The third-order valence-electron chi connectivity index (χ3n) is 7.65. The lowest BCUT2D eigenvalue weighted by Crippen LogP contribution is -2.43. The van der Waals surface area contributed by atoms with Crippen LogP contribution in [0, 0.1) is 17.3 Å². The summed E-state index contributed by atoms with van der Waals surface area (Å²) in [5.74, 6) is 2.11. The Labute approximate surface area is 169 Å². The Kier molecular flexibility index (Phi) is 5.16. The fourth-order valence-electron chi connectivity index (χ4n) is 6.42. The van der Waals surface area contributed by atoms with Gasteiger partial charge >= 0.3 is 0 Å². The highest BCUT2D eigenvalue weighted by Crippen LogP contribution is 2.62. The average molecular weight is 377 g/mol. The second-order valence-corrected chi connectivity index (χ2v) is 8.87. The van der Waals surface area contributed by atoms with Gasteiger partial charge in [-0.05, 0) is 66.7 Å².